The van der Waals surface area contributed by atoms with Gasteiger partial charge in [-0.2, -0.15) is 5.26 Å². The Morgan fingerprint density at radius 1 is 1.20 bits per heavy atom. The molecule has 0 unspecified atom stereocenters. The lowest BCUT2D eigenvalue weighted by atomic mass is 9.72. The number of hydrogen-bond donors (Lipinski definition) is 1. The first-order valence-electron chi connectivity index (χ1n) is 11.3. The minimum Gasteiger partial charge on any atom is -0.466 e. The summed E-state index contributed by atoms with van der Waals surface area (Å²) in [6.07, 6.45) is -1.52. The fourth-order valence-electron chi connectivity index (χ4n) is 4.90. The summed E-state index contributed by atoms with van der Waals surface area (Å²) in [5.41, 5.74) is -1.60. The van der Waals surface area contributed by atoms with Crippen LogP contribution in [-0.4, -0.2) is 52.2 Å². The molecule has 0 radical (unpaired) electrons. The first-order chi connectivity index (χ1) is 16.6. The molecule has 2 aromatic rings. The molecule has 2 atom stereocenters. The lowest BCUT2D eigenvalue weighted by Gasteiger charge is -2.52. The summed E-state index contributed by atoms with van der Waals surface area (Å²) in [6.45, 7) is 3.40. The number of hydrogen-bond acceptors (Lipinski definition) is 5. The second kappa shape index (κ2) is 10.6. The van der Waals surface area contributed by atoms with E-state index < -0.39 is 41.3 Å². The van der Waals surface area contributed by atoms with Crippen LogP contribution in [0.4, 0.5) is 14.9 Å². The van der Waals surface area contributed by atoms with Crippen LogP contribution in [-0.2, 0) is 20.7 Å². The average Bonchev–Trinajstić information content (AvgIpc) is 2.79. The van der Waals surface area contributed by atoms with Gasteiger partial charge in [-0.1, -0.05) is 36.4 Å². The molecule has 9 heteroatoms. The molecule has 0 spiro atoms. The Hall–Kier alpha value is -3.93. The largest absolute Gasteiger partial charge is 0.466 e. The van der Waals surface area contributed by atoms with Crippen molar-refractivity contribution in [1.29, 1.82) is 5.26 Å². The molecule has 0 saturated carbocycles. The topological polar surface area (TPSA) is 111 Å². The molecule has 0 aromatic heterocycles. The molecule has 35 heavy (non-hydrogen) atoms. The molecule has 1 heterocycles. The van der Waals surface area contributed by atoms with Crippen LogP contribution in [0.3, 0.4) is 0 Å². The lowest BCUT2D eigenvalue weighted by Crippen LogP contribution is -2.66. The van der Waals surface area contributed by atoms with Gasteiger partial charge in [0.25, 0.3) is 0 Å². The van der Waals surface area contributed by atoms with Gasteiger partial charge in [-0.15, -0.1) is 0 Å². The maximum absolute atomic E-state index is 14.2. The number of nitriles is 1. The van der Waals surface area contributed by atoms with Gasteiger partial charge in [-0.05, 0) is 44.0 Å². The predicted molar refractivity (Wildman–Crippen MR) is 126 cm³/mol. The maximum Gasteiger partial charge on any atom is 0.407 e. The van der Waals surface area contributed by atoms with E-state index in [1.807, 2.05) is 30.3 Å². The summed E-state index contributed by atoms with van der Waals surface area (Å²) in [7, 11) is 0. The summed E-state index contributed by atoms with van der Waals surface area (Å²) in [5.74, 6) is -2.09. The first-order valence-corrected chi connectivity index (χ1v) is 11.3. The number of ether oxygens (including phenoxy) is 1. The van der Waals surface area contributed by atoms with Crippen molar-refractivity contribution in [2.45, 2.75) is 50.6 Å². The van der Waals surface area contributed by atoms with E-state index in [2.05, 4.69) is 6.07 Å². The zero-order valence-electron chi connectivity index (χ0n) is 19.7. The van der Waals surface area contributed by atoms with Gasteiger partial charge in [-0.25, -0.2) is 9.18 Å². The highest BCUT2D eigenvalue weighted by Gasteiger charge is 2.53. The van der Waals surface area contributed by atoms with Crippen molar-refractivity contribution in [3.8, 4) is 6.07 Å². The SMILES string of the molecule is CCOC(=O)CC(=O)N(c1cccc(F)c1)[C@]1(C#N)CCN(C(=O)O)[C@@](C)(Cc2ccccc2)C1. The van der Waals surface area contributed by atoms with E-state index in [4.69, 9.17) is 4.74 Å². The van der Waals surface area contributed by atoms with Crippen LogP contribution in [0.5, 0.6) is 0 Å². The number of carbonyl (C=O) groups excluding carboxylic acids is 2. The number of anilines is 1. The van der Waals surface area contributed by atoms with Crippen molar-refractivity contribution in [2.24, 2.45) is 0 Å². The average molecular weight is 482 g/mol. The van der Waals surface area contributed by atoms with Crippen molar-refractivity contribution < 1.29 is 28.6 Å². The van der Waals surface area contributed by atoms with E-state index in [-0.39, 0.29) is 31.7 Å². The van der Waals surface area contributed by atoms with Crippen molar-refractivity contribution in [3.05, 3.63) is 66.0 Å². The van der Waals surface area contributed by atoms with Gasteiger partial charge in [0.15, 0.2) is 0 Å². The predicted octanol–water partition coefficient (Wildman–Crippen LogP) is 4.15. The van der Waals surface area contributed by atoms with Crippen LogP contribution < -0.4 is 4.90 Å². The molecule has 0 bridgehead atoms. The van der Waals surface area contributed by atoms with E-state index in [0.717, 1.165) is 16.5 Å². The Morgan fingerprint density at radius 2 is 1.91 bits per heavy atom. The van der Waals surface area contributed by atoms with Crippen LogP contribution in [0, 0.1) is 17.1 Å². The number of carbonyl (C=O) groups is 3. The molecule has 1 fully saturated rings. The molecule has 0 aliphatic carbocycles. The quantitative estimate of drug-likeness (QED) is 0.470. The summed E-state index contributed by atoms with van der Waals surface area (Å²) in [6, 6.07) is 16.7. The third-order valence-corrected chi connectivity index (χ3v) is 6.29. The van der Waals surface area contributed by atoms with Gasteiger partial charge in [0.2, 0.25) is 5.91 Å². The number of piperidine rings is 1. The second-order valence-electron chi connectivity index (χ2n) is 8.85. The molecule has 8 nitrogen and oxygen atoms in total. The fourth-order valence-corrected chi connectivity index (χ4v) is 4.90. The van der Waals surface area contributed by atoms with E-state index in [1.165, 1.54) is 23.1 Å². The molecule has 184 valence electrons. The highest BCUT2D eigenvalue weighted by atomic mass is 19.1. The number of amides is 2. The van der Waals surface area contributed by atoms with Crippen LogP contribution in [0.1, 0.15) is 38.7 Å². The number of nitrogens with zero attached hydrogens (tertiary/aromatic N) is 3. The van der Waals surface area contributed by atoms with Crippen LogP contribution in [0.2, 0.25) is 0 Å². The molecule has 1 saturated heterocycles. The van der Waals surface area contributed by atoms with Crippen molar-refractivity contribution >= 4 is 23.7 Å². The van der Waals surface area contributed by atoms with Crippen LogP contribution >= 0.6 is 0 Å². The Kier molecular flexibility index (Phi) is 7.75. The van der Waals surface area contributed by atoms with E-state index in [1.54, 1.807) is 13.8 Å². The van der Waals surface area contributed by atoms with Gasteiger partial charge in [0, 0.05) is 25.1 Å². The molecule has 2 aromatic carbocycles. The molecular weight excluding hydrogens is 453 g/mol. The van der Waals surface area contributed by atoms with Gasteiger partial charge in [0.05, 0.1) is 18.2 Å². The van der Waals surface area contributed by atoms with Crippen molar-refractivity contribution in [1.82, 2.24) is 4.90 Å². The summed E-state index contributed by atoms with van der Waals surface area (Å²) in [5, 5.41) is 20.4. The number of carboxylic acid groups (broad SMARTS) is 1. The summed E-state index contributed by atoms with van der Waals surface area (Å²) < 4.78 is 19.1. The number of halogens is 1. The van der Waals surface area contributed by atoms with E-state index >= 15 is 0 Å². The van der Waals surface area contributed by atoms with Crippen molar-refractivity contribution in [2.75, 3.05) is 18.1 Å². The van der Waals surface area contributed by atoms with Crippen molar-refractivity contribution in [3.63, 3.8) is 0 Å². The highest BCUT2D eigenvalue weighted by molar-refractivity contribution is 6.04. The molecule has 1 aliphatic rings. The van der Waals surface area contributed by atoms with Gasteiger partial charge in [-0.3, -0.25) is 14.5 Å². The molecule has 1 aliphatic heterocycles. The third-order valence-electron chi connectivity index (χ3n) is 6.29. The number of rotatable bonds is 7. The minimum absolute atomic E-state index is 0.00867. The molecule has 1 N–H and O–H groups in total. The standard InChI is InChI=1S/C26H28FN3O5/c1-3-35-23(32)15-22(31)30(21-11-7-10-20(27)14-21)26(18-28)12-13-29(24(33)34)25(2,17-26)16-19-8-5-4-6-9-19/h4-11,14H,3,12-13,15-17H2,1-2H3,(H,33,34)/t25-,26+/m0/s1. The van der Waals surface area contributed by atoms with Crippen LogP contribution in [0.25, 0.3) is 0 Å². The van der Waals surface area contributed by atoms with Crippen LogP contribution in [0.15, 0.2) is 54.6 Å². The fraction of sp³-hybridized carbons (Fsp3) is 0.385. The third kappa shape index (κ3) is 5.60. The summed E-state index contributed by atoms with van der Waals surface area (Å²) >= 11 is 0. The Morgan fingerprint density at radius 3 is 2.51 bits per heavy atom. The monoisotopic (exact) mass is 481 g/mol. The zero-order valence-corrected chi connectivity index (χ0v) is 19.7. The number of benzene rings is 2. The van der Waals surface area contributed by atoms with Gasteiger partial charge >= 0.3 is 12.1 Å². The summed E-state index contributed by atoms with van der Waals surface area (Å²) in [4.78, 5) is 40.1. The Balaban J connectivity index is 2.08. The van der Waals surface area contributed by atoms with Gasteiger partial charge in [0.1, 0.15) is 17.8 Å². The minimum atomic E-state index is -1.52. The number of likely N-dealkylation sites (tertiary alicyclic amines) is 1. The number of esters is 1. The Labute approximate surface area is 203 Å². The van der Waals surface area contributed by atoms with E-state index in [9.17, 15) is 29.1 Å². The first kappa shape index (κ1) is 25.7. The maximum atomic E-state index is 14.2. The molecule has 2 amide bonds. The van der Waals surface area contributed by atoms with Gasteiger partial charge < -0.3 is 14.7 Å². The van der Waals surface area contributed by atoms with E-state index in [0.29, 0.717) is 6.42 Å². The second-order valence-corrected chi connectivity index (χ2v) is 8.85. The zero-order chi connectivity index (χ0) is 25.6. The lowest BCUT2D eigenvalue weighted by molar-refractivity contribution is -0.145. The highest BCUT2D eigenvalue weighted by Crippen LogP contribution is 2.42. The Bertz CT molecular complexity index is 1140. The molecular formula is C26H28FN3O5. The molecule has 3 rings (SSSR count). The normalized spacial score (nSPS) is 21.6. The smallest absolute Gasteiger partial charge is 0.407 e.